The molecule has 0 saturated heterocycles. The second kappa shape index (κ2) is 11.5. The molecule has 2 aliphatic carbocycles. The van der Waals surface area contributed by atoms with E-state index in [0.29, 0.717) is 23.4 Å². The molecule has 1 unspecified atom stereocenters. The lowest BCUT2D eigenvalue weighted by Crippen LogP contribution is -2.08. The van der Waals surface area contributed by atoms with Gasteiger partial charge in [-0.2, -0.15) is 0 Å². The number of benzene rings is 4. The number of nitrogens with zero attached hydrogens (tertiary/aromatic N) is 3. The third-order valence-electron chi connectivity index (χ3n) is 8.39. The Bertz CT molecular complexity index is 1970. The van der Waals surface area contributed by atoms with Crippen LogP contribution in [0.2, 0.25) is 0 Å². The quantitative estimate of drug-likeness (QED) is 0.204. The van der Waals surface area contributed by atoms with Crippen molar-refractivity contribution >= 4 is 17.7 Å². The van der Waals surface area contributed by atoms with Crippen molar-refractivity contribution in [2.24, 2.45) is 0 Å². The van der Waals surface area contributed by atoms with Gasteiger partial charge in [-0.25, -0.2) is 15.0 Å². The Kier molecular flexibility index (Phi) is 7.11. The van der Waals surface area contributed by atoms with Crippen LogP contribution in [0.25, 0.3) is 40.5 Å². The number of rotatable bonds is 5. The van der Waals surface area contributed by atoms with E-state index in [1.807, 2.05) is 37.3 Å². The zero-order valence-electron chi connectivity index (χ0n) is 24.2. The molecule has 0 saturated carbocycles. The lowest BCUT2D eigenvalue weighted by molar-refractivity contribution is 0.819. The van der Waals surface area contributed by atoms with E-state index in [1.54, 1.807) is 0 Å². The summed E-state index contributed by atoms with van der Waals surface area (Å²) in [5.74, 6) is 5.11. The molecule has 1 heterocycles. The lowest BCUT2D eigenvalue weighted by Gasteiger charge is -2.22. The van der Waals surface area contributed by atoms with Crippen molar-refractivity contribution in [3.63, 3.8) is 0 Å². The van der Waals surface area contributed by atoms with Crippen molar-refractivity contribution in [3.05, 3.63) is 154 Å². The SMILES string of the molecule is C#Cc1cccc(-c2nc(C3=CCCc4ccccc43)nc(-c3ccc(C4CC=Cc5ccccc54)cc3)n2)c1/C=C\C. The minimum atomic E-state index is 0.332. The summed E-state index contributed by atoms with van der Waals surface area (Å²) in [5.41, 5.74) is 11.1. The van der Waals surface area contributed by atoms with Crippen LogP contribution in [0, 0.1) is 12.3 Å². The standard InChI is InChI=1S/C40H31N3/c1-3-12-32-27(4-2)15-9-21-36(32)39-41-38(42-40(43-39)37-22-11-17-29-14-6-8-19-35(29)37)31-25-23-30(24-26-31)34-20-10-16-28-13-5-7-18-33(28)34/h2-3,5-10,12-16,18-19,21-26,34H,11,17,20H2,1H3/b12-3-. The maximum Gasteiger partial charge on any atom is 0.164 e. The van der Waals surface area contributed by atoms with E-state index in [-0.39, 0.29) is 0 Å². The lowest BCUT2D eigenvalue weighted by atomic mass is 9.82. The first kappa shape index (κ1) is 26.6. The summed E-state index contributed by atoms with van der Waals surface area (Å²) in [7, 11) is 0. The first-order chi connectivity index (χ1) is 21.2. The van der Waals surface area contributed by atoms with Crippen LogP contribution < -0.4 is 0 Å². The van der Waals surface area contributed by atoms with E-state index in [1.165, 1.54) is 27.8 Å². The maximum atomic E-state index is 5.90. The van der Waals surface area contributed by atoms with Gasteiger partial charge in [-0.1, -0.05) is 121 Å². The van der Waals surface area contributed by atoms with Gasteiger partial charge in [-0.15, -0.1) is 6.42 Å². The smallest absolute Gasteiger partial charge is 0.164 e. The molecule has 0 amide bonds. The van der Waals surface area contributed by atoms with Gasteiger partial charge in [0.15, 0.2) is 17.5 Å². The van der Waals surface area contributed by atoms with Crippen LogP contribution in [0.4, 0.5) is 0 Å². The molecule has 206 valence electrons. The van der Waals surface area contributed by atoms with Gasteiger partial charge in [0.2, 0.25) is 0 Å². The summed E-state index contributed by atoms with van der Waals surface area (Å²) < 4.78 is 0. The number of hydrogen-bond donors (Lipinski definition) is 0. The summed E-state index contributed by atoms with van der Waals surface area (Å²) in [6.07, 6.45) is 19.6. The van der Waals surface area contributed by atoms with Gasteiger partial charge in [0.1, 0.15) is 0 Å². The van der Waals surface area contributed by atoms with E-state index < -0.39 is 0 Å². The highest BCUT2D eigenvalue weighted by atomic mass is 15.0. The normalized spacial score (nSPS) is 15.4. The zero-order chi connectivity index (χ0) is 29.2. The van der Waals surface area contributed by atoms with E-state index in [4.69, 9.17) is 21.4 Å². The average molecular weight is 554 g/mol. The van der Waals surface area contributed by atoms with Crippen LogP contribution >= 0.6 is 0 Å². The Morgan fingerprint density at radius 1 is 0.791 bits per heavy atom. The largest absolute Gasteiger partial charge is 0.208 e. The molecule has 1 aromatic heterocycles. The van der Waals surface area contributed by atoms with Crippen molar-refractivity contribution in [2.75, 3.05) is 0 Å². The van der Waals surface area contributed by atoms with Gasteiger partial charge in [0.05, 0.1) is 0 Å². The van der Waals surface area contributed by atoms with Crippen molar-refractivity contribution in [1.82, 2.24) is 15.0 Å². The number of terminal acetylenes is 1. The topological polar surface area (TPSA) is 38.7 Å². The van der Waals surface area contributed by atoms with Crippen molar-refractivity contribution in [2.45, 2.75) is 32.1 Å². The van der Waals surface area contributed by atoms with E-state index in [0.717, 1.165) is 47.1 Å². The van der Waals surface area contributed by atoms with Gasteiger partial charge < -0.3 is 0 Å². The number of fused-ring (bicyclic) bond motifs is 2. The fourth-order valence-corrected chi connectivity index (χ4v) is 6.29. The van der Waals surface area contributed by atoms with Crippen LogP contribution in [0.1, 0.15) is 70.5 Å². The number of aromatic nitrogens is 3. The molecule has 0 N–H and O–H groups in total. The first-order valence-electron chi connectivity index (χ1n) is 14.9. The first-order valence-corrected chi connectivity index (χ1v) is 14.9. The Morgan fingerprint density at radius 2 is 1.56 bits per heavy atom. The predicted octanol–water partition coefficient (Wildman–Crippen LogP) is 9.15. The summed E-state index contributed by atoms with van der Waals surface area (Å²) in [6.45, 7) is 1.99. The number of allylic oxidation sites excluding steroid dienone is 3. The van der Waals surface area contributed by atoms with Gasteiger partial charge in [-0.05, 0) is 60.1 Å². The molecule has 3 nitrogen and oxygen atoms in total. The highest BCUT2D eigenvalue weighted by Crippen LogP contribution is 2.37. The third-order valence-corrected chi connectivity index (χ3v) is 8.39. The minimum absolute atomic E-state index is 0.332. The molecule has 4 aromatic carbocycles. The van der Waals surface area contributed by atoms with Crippen LogP contribution in [-0.2, 0) is 6.42 Å². The van der Waals surface area contributed by atoms with Crippen LogP contribution in [0.15, 0.2) is 109 Å². The predicted molar refractivity (Wildman–Crippen MR) is 177 cm³/mol. The van der Waals surface area contributed by atoms with E-state index >= 15 is 0 Å². The highest BCUT2D eigenvalue weighted by Gasteiger charge is 2.22. The highest BCUT2D eigenvalue weighted by molar-refractivity contribution is 5.82. The van der Waals surface area contributed by atoms with Crippen molar-refractivity contribution < 1.29 is 0 Å². The Morgan fingerprint density at radius 3 is 2.42 bits per heavy atom. The van der Waals surface area contributed by atoms with E-state index in [2.05, 4.69) is 96.9 Å². The molecule has 1 atom stereocenters. The number of aryl methyl sites for hydroxylation is 1. The summed E-state index contributed by atoms with van der Waals surface area (Å²) >= 11 is 0. The Labute approximate surface area is 253 Å². The van der Waals surface area contributed by atoms with Crippen molar-refractivity contribution in [1.29, 1.82) is 0 Å². The maximum absolute atomic E-state index is 5.90. The third kappa shape index (κ3) is 5.02. The average Bonchev–Trinajstić information content (AvgIpc) is 3.08. The van der Waals surface area contributed by atoms with Crippen LogP contribution in [0.5, 0.6) is 0 Å². The molecule has 0 bridgehead atoms. The summed E-state index contributed by atoms with van der Waals surface area (Å²) in [5, 5.41) is 0. The molecule has 0 spiro atoms. The molecule has 43 heavy (non-hydrogen) atoms. The Hall–Kier alpha value is -5.33. The van der Waals surface area contributed by atoms with Crippen LogP contribution in [-0.4, -0.2) is 15.0 Å². The van der Waals surface area contributed by atoms with Gasteiger partial charge in [-0.3, -0.25) is 0 Å². The van der Waals surface area contributed by atoms with Crippen LogP contribution in [0.3, 0.4) is 0 Å². The van der Waals surface area contributed by atoms with Crippen molar-refractivity contribution in [3.8, 4) is 35.1 Å². The molecular formula is C40H31N3. The summed E-state index contributed by atoms with van der Waals surface area (Å²) in [6, 6.07) is 31.9. The molecule has 7 rings (SSSR count). The molecular weight excluding hydrogens is 522 g/mol. The monoisotopic (exact) mass is 553 g/mol. The second-order valence-electron chi connectivity index (χ2n) is 11.0. The molecule has 2 aliphatic rings. The minimum Gasteiger partial charge on any atom is -0.208 e. The second-order valence-corrected chi connectivity index (χ2v) is 11.0. The molecule has 0 aliphatic heterocycles. The number of hydrogen-bond acceptors (Lipinski definition) is 3. The fourth-order valence-electron chi connectivity index (χ4n) is 6.29. The molecule has 0 fully saturated rings. The Balaban J connectivity index is 1.36. The molecule has 0 radical (unpaired) electrons. The fraction of sp³-hybridized carbons (Fsp3) is 0.125. The van der Waals surface area contributed by atoms with E-state index in [9.17, 15) is 0 Å². The zero-order valence-corrected chi connectivity index (χ0v) is 24.2. The van der Waals surface area contributed by atoms with Gasteiger partial charge in [0, 0.05) is 33.7 Å². The van der Waals surface area contributed by atoms with Gasteiger partial charge in [0.25, 0.3) is 0 Å². The van der Waals surface area contributed by atoms with Gasteiger partial charge >= 0.3 is 0 Å². The molecule has 3 heteroatoms. The molecule has 5 aromatic rings. The summed E-state index contributed by atoms with van der Waals surface area (Å²) in [4.78, 5) is 15.2.